The molecule has 1 aromatic carbocycles. The number of aromatic nitrogens is 3. The van der Waals surface area contributed by atoms with E-state index < -0.39 is 0 Å². The zero-order chi connectivity index (χ0) is 14.3. The molecule has 0 spiro atoms. The molecular formula is C15H16N4O. The fourth-order valence-electron chi connectivity index (χ4n) is 2.28. The average Bonchev–Trinajstić information content (AvgIpc) is 2.89. The third-order valence-corrected chi connectivity index (χ3v) is 3.52. The van der Waals surface area contributed by atoms with E-state index in [2.05, 4.69) is 5.10 Å². The van der Waals surface area contributed by atoms with E-state index in [9.17, 15) is 4.79 Å². The second kappa shape index (κ2) is 4.61. The Hall–Kier alpha value is -2.40. The van der Waals surface area contributed by atoms with Crippen molar-refractivity contribution in [3.05, 3.63) is 58.0 Å². The first kappa shape index (κ1) is 12.6. The molecule has 3 aromatic rings. The van der Waals surface area contributed by atoms with Crippen LogP contribution in [0.1, 0.15) is 11.3 Å². The number of nitrogens with two attached hydrogens (primary N) is 1. The molecule has 0 saturated heterocycles. The van der Waals surface area contributed by atoms with E-state index in [1.807, 2.05) is 48.9 Å². The zero-order valence-corrected chi connectivity index (χ0v) is 11.5. The minimum atomic E-state index is -0.156. The molecule has 0 saturated carbocycles. The predicted molar refractivity (Wildman–Crippen MR) is 78.5 cm³/mol. The predicted octanol–water partition coefficient (Wildman–Crippen LogP) is 1.47. The maximum atomic E-state index is 12.0. The van der Waals surface area contributed by atoms with E-state index >= 15 is 0 Å². The number of nitrogens with zero attached hydrogens (tertiary/aromatic N) is 3. The maximum Gasteiger partial charge on any atom is 0.274 e. The van der Waals surface area contributed by atoms with Crippen molar-refractivity contribution in [2.45, 2.75) is 13.5 Å². The van der Waals surface area contributed by atoms with Crippen LogP contribution in [0.4, 0.5) is 0 Å². The second-order valence-electron chi connectivity index (χ2n) is 4.90. The Bertz CT molecular complexity index is 827. The lowest BCUT2D eigenvalue weighted by atomic mass is 10.1. The number of rotatable bonds is 2. The van der Waals surface area contributed by atoms with Gasteiger partial charge >= 0.3 is 0 Å². The first-order chi connectivity index (χ1) is 9.60. The summed E-state index contributed by atoms with van der Waals surface area (Å²) >= 11 is 0. The molecule has 2 heterocycles. The molecule has 0 aliphatic carbocycles. The van der Waals surface area contributed by atoms with Gasteiger partial charge in [-0.05, 0) is 6.92 Å². The van der Waals surface area contributed by atoms with Crippen LogP contribution in [-0.2, 0) is 13.6 Å². The van der Waals surface area contributed by atoms with Gasteiger partial charge in [0.2, 0.25) is 0 Å². The largest absolute Gasteiger partial charge is 0.331 e. The van der Waals surface area contributed by atoms with Crippen LogP contribution >= 0.6 is 0 Å². The van der Waals surface area contributed by atoms with E-state index in [1.54, 1.807) is 0 Å². The Morgan fingerprint density at radius 2 is 1.90 bits per heavy atom. The number of hydrogen-bond acceptors (Lipinski definition) is 3. The van der Waals surface area contributed by atoms with Crippen molar-refractivity contribution in [1.29, 1.82) is 0 Å². The molecule has 102 valence electrons. The summed E-state index contributed by atoms with van der Waals surface area (Å²) in [5.41, 5.74) is 10.0. The molecule has 5 nitrogen and oxygen atoms in total. The smallest absolute Gasteiger partial charge is 0.274 e. The Morgan fingerprint density at radius 3 is 2.55 bits per heavy atom. The van der Waals surface area contributed by atoms with Gasteiger partial charge in [-0.25, -0.2) is 0 Å². The molecule has 0 unspecified atom stereocenters. The summed E-state index contributed by atoms with van der Waals surface area (Å²) in [6.45, 7) is 2.37. The molecule has 0 bridgehead atoms. The zero-order valence-electron chi connectivity index (χ0n) is 11.5. The van der Waals surface area contributed by atoms with Crippen LogP contribution in [0.5, 0.6) is 0 Å². The molecule has 2 aromatic heterocycles. The van der Waals surface area contributed by atoms with Crippen molar-refractivity contribution < 1.29 is 0 Å². The van der Waals surface area contributed by atoms with Crippen LogP contribution in [0.3, 0.4) is 0 Å². The minimum absolute atomic E-state index is 0.156. The summed E-state index contributed by atoms with van der Waals surface area (Å²) in [6.07, 6.45) is 0. The number of fused-ring (bicyclic) bond motifs is 1. The monoisotopic (exact) mass is 268 g/mol. The highest BCUT2D eigenvalue weighted by atomic mass is 16.1. The Kier molecular flexibility index (Phi) is 2.91. The van der Waals surface area contributed by atoms with Gasteiger partial charge in [0.15, 0.2) is 0 Å². The summed E-state index contributed by atoms with van der Waals surface area (Å²) in [6, 6.07) is 11.5. The third-order valence-electron chi connectivity index (χ3n) is 3.52. The highest BCUT2D eigenvalue weighted by molar-refractivity contribution is 5.64. The van der Waals surface area contributed by atoms with Crippen molar-refractivity contribution in [2.75, 3.05) is 0 Å². The maximum absolute atomic E-state index is 12.0. The van der Waals surface area contributed by atoms with E-state index in [0.717, 1.165) is 22.6 Å². The van der Waals surface area contributed by atoms with Crippen LogP contribution in [0, 0.1) is 6.92 Å². The molecule has 0 aliphatic heterocycles. The van der Waals surface area contributed by atoms with Crippen molar-refractivity contribution in [3.8, 4) is 11.3 Å². The number of aryl methyl sites for hydroxylation is 2. The standard InChI is InChI=1S/C15H16N4O/c1-10-3-5-11(6-4-10)13-8-14-18(2)12(9-16)7-15(20)19(14)17-13/h3-8H,9,16H2,1-2H3. The molecule has 3 rings (SSSR count). The normalized spacial score (nSPS) is 11.2. The van der Waals surface area contributed by atoms with Gasteiger partial charge < -0.3 is 10.3 Å². The second-order valence-corrected chi connectivity index (χ2v) is 4.90. The number of benzene rings is 1. The fraction of sp³-hybridized carbons (Fsp3) is 0.200. The molecule has 5 heteroatoms. The van der Waals surface area contributed by atoms with E-state index in [1.165, 1.54) is 16.1 Å². The summed E-state index contributed by atoms with van der Waals surface area (Å²) in [7, 11) is 1.89. The van der Waals surface area contributed by atoms with Crippen molar-refractivity contribution in [1.82, 2.24) is 14.2 Å². The third kappa shape index (κ3) is 1.92. The van der Waals surface area contributed by atoms with E-state index in [-0.39, 0.29) is 5.56 Å². The van der Waals surface area contributed by atoms with Crippen molar-refractivity contribution in [2.24, 2.45) is 12.8 Å². The van der Waals surface area contributed by atoms with Gasteiger partial charge in [-0.15, -0.1) is 0 Å². The lowest BCUT2D eigenvalue weighted by Crippen LogP contribution is -2.21. The topological polar surface area (TPSA) is 65.3 Å². The molecule has 0 fully saturated rings. The van der Waals surface area contributed by atoms with Crippen LogP contribution < -0.4 is 11.3 Å². The number of hydrogen-bond donors (Lipinski definition) is 1. The Morgan fingerprint density at radius 1 is 1.20 bits per heavy atom. The fourth-order valence-corrected chi connectivity index (χ4v) is 2.28. The van der Waals surface area contributed by atoms with Gasteiger partial charge in [-0.3, -0.25) is 4.79 Å². The SMILES string of the molecule is Cc1ccc(-c2cc3n(C)c(CN)cc(=O)n3n2)cc1. The summed E-state index contributed by atoms with van der Waals surface area (Å²) in [4.78, 5) is 12.0. The first-order valence-electron chi connectivity index (χ1n) is 6.46. The van der Waals surface area contributed by atoms with Gasteiger partial charge in [-0.2, -0.15) is 9.61 Å². The van der Waals surface area contributed by atoms with Crippen molar-refractivity contribution >= 4 is 5.65 Å². The quantitative estimate of drug-likeness (QED) is 0.765. The van der Waals surface area contributed by atoms with E-state index in [4.69, 9.17) is 5.73 Å². The van der Waals surface area contributed by atoms with Crippen LogP contribution in [0.25, 0.3) is 16.9 Å². The van der Waals surface area contributed by atoms with Crippen LogP contribution in [-0.4, -0.2) is 14.2 Å². The highest BCUT2D eigenvalue weighted by Gasteiger charge is 2.10. The molecule has 0 atom stereocenters. The molecule has 2 N–H and O–H groups in total. The van der Waals surface area contributed by atoms with Gasteiger partial charge in [0, 0.05) is 37.0 Å². The van der Waals surface area contributed by atoms with Gasteiger partial charge in [0.1, 0.15) is 5.65 Å². The Labute approximate surface area is 116 Å². The minimum Gasteiger partial charge on any atom is -0.331 e. The van der Waals surface area contributed by atoms with Gasteiger partial charge in [0.25, 0.3) is 5.56 Å². The highest BCUT2D eigenvalue weighted by Crippen LogP contribution is 2.19. The molecule has 20 heavy (non-hydrogen) atoms. The van der Waals surface area contributed by atoms with E-state index in [0.29, 0.717) is 6.54 Å². The summed E-state index contributed by atoms with van der Waals surface area (Å²) in [5.74, 6) is 0. The van der Waals surface area contributed by atoms with Gasteiger partial charge in [-0.1, -0.05) is 29.8 Å². The first-order valence-corrected chi connectivity index (χ1v) is 6.46. The molecule has 0 aliphatic rings. The molecular weight excluding hydrogens is 252 g/mol. The summed E-state index contributed by atoms with van der Waals surface area (Å²) < 4.78 is 3.31. The van der Waals surface area contributed by atoms with Crippen molar-refractivity contribution in [3.63, 3.8) is 0 Å². The van der Waals surface area contributed by atoms with Crippen LogP contribution in [0.2, 0.25) is 0 Å². The molecule has 0 amide bonds. The molecule has 0 radical (unpaired) electrons. The lowest BCUT2D eigenvalue weighted by molar-refractivity contribution is 0.766. The average molecular weight is 268 g/mol. The van der Waals surface area contributed by atoms with Gasteiger partial charge in [0.05, 0.1) is 5.69 Å². The van der Waals surface area contributed by atoms with Crippen LogP contribution in [0.15, 0.2) is 41.2 Å². The summed E-state index contributed by atoms with van der Waals surface area (Å²) in [5, 5.41) is 4.39. The Balaban J connectivity index is 2.25. The lowest BCUT2D eigenvalue weighted by Gasteiger charge is -2.07.